The van der Waals surface area contributed by atoms with Crippen LogP contribution in [0.15, 0.2) is 47.4 Å². The van der Waals surface area contributed by atoms with Gasteiger partial charge in [0.15, 0.2) is 0 Å². The fourth-order valence-electron chi connectivity index (χ4n) is 2.73. The van der Waals surface area contributed by atoms with Gasteiger partial charge < -0.3 is 10.1 Å². The monoisotopic (exact) mass is 484 g/mol. The summed E-state index contributed by atoms with van der Waals surface area (Å²) >= 11 is 0. The van der Waals surface area contributed by atoms with Crippen molar-refractivity contribution in [1.29, 1.82) is 0 Å². The van der Waals surface area contributed by atoms with Crippen LogP contribution in [0.1, 0.15) is 24.2 Å². The fourth-order valence-corrected chi connectivity index (χ4v) is 4.88. The van der Waals surface area contributed by atoms with E-state index in [1.807, 2.05) is 0 Å². The molecule has 0 spiro atoms. The van der Waals surface area contributed by atoms with E-state index in [9.17, 15) is 21.6 Å². The van der Waals surface area contributed by atoms with Gasteiger partial charge in [-0.2, -0.15) is 12.7 Å². The molecule has 0 saturated carbocycles. The number of hydrogen-bond acceptors (Lipinski definition) is 6. The molecule has 0 atom stereocenters. The second kappa shape index (κ2) is 9.86. The first-order valence-electron chi connectivity index (χ1n) is 9.57. The Balaban J connectivity index is 2.30. The van der Waals surface area contributed by atoms with Crippen molar-refractivity contribution in [3.05, 3.63) is 48.0 Å². The minimum absolute atomic E-state index is 0.0202. The molecule has 0 fully saturated rings. The van der Waals surface area contributed by atoms with Crippen molar-refractivity contribution in [3.63, 3.8) is 0 Å². The van der Waals surface area contributed by atoms with Gasteiger partial charge in [0, 0.05) is 32.7 Å². The second-order valence-corrected chi connectivity index (χ2v) is 11.3. The van der Waals surface area contributed by atoms with Gasteiger partial charge in [0.1, 0.15) is 5.75 Å². The molecule has 2 aromatic rings. The van der Waals surface area contributed by atoms with Crippen LogP contribution in [0.3, 0.4) is 0 Å². The third-order valence-electron chi connectivity index (χ3n) is 4.42. The molecule has 1 amide bonds. The molecule has 2 aromatic carbocycles. The van der Waals surface area contributed by atoms with Gasteiger partial charge >= 0.3 is 10.2 Å². The molecule has 0 aliphatic rings. The molecule has 0 aliphatic carbocycles. The Morgan fingerprint density at radius 3 is 2.06 bits per heavy atom. The van der Waals surface area contributed by atoms with Gasteiger partial charge in [0.05, 0.1) is 23.4 Å². The van der Waals surface area contributed by atoms with E-state index in [2.05, 4.69) is 10.0 Å². The van der Waals surface area contributed by atoms with Crippen LogP contribution >= 0.6 is 0 Å². The standard InChI is InChI=1S/C20H28N4O6S2/c1-14(2)22-31(26,27)17-11-12-19(30-6)18(13-17)21-20(25)15-7-9-16(10-8-15)24(5)32(28,29)23(3)4/h7-14,22H,1-6H3,(H,21,25). The predicted octanol–water partition coefficient (Wildman–Crippen LogP) is 1.88. The van der Waals surface area contributed by atoms with Gasteiger partial charge in [-0.3, -0.25) is 9.10 Å². The maximum absolute atomic E-state index is 12.7. The lowest BCUT2D eigenvalue weighted by Gasteiger charge is -2.23. The lowest BCUT2D eigenvalue weighted by atomic mass is 10.2. The number of anilines is 2. The Labute approximate surface area is 189 Å². The largest absolute Gasteiger partial charge is 0.495 e. The SMILES string of the molecule is COc1ccc(S(=O)(=O)NC(C)C)cc1NC(=O)c1ccc(N(C)S(=O)(=O)N(C)C)cc1. The summed E-state index contributed by atoms with van der Waals surface area (Å²) in [4.78, 5) is 12.7. The number of methoxy groups -OCH3 is 1. The van der Waals surface area contributed by atoms with Crippen molar-refractivity contribution < 1.29 is 26.4 Å². The zero-order valence-corrected chi connectivity index (χ0v) is 20.4. The van der Waals surface area contributed by atoms with Crippen molar-refractivity contribution in [3.8, 4) is 5.75 Å². The second-order valence-electron chi connectivity index (χ2n) is 7.40. The van der Waals surface area contributed by atoms with Crippen molar-refractivity contribution in [2.24, 2.45) is 0 Å². The van der Waals surface area contributed by atoms with Crippen molar-refractivity contribution in [2.45, 2.75) is 24.8 Å². The topological polar surface area (TPSA) is 125 Å². The van der Waals surface area contributed by atoms with Crippen LogP contribution in [0.2, 0.25) is 0 Å². The summed E-state index contributed by atoms with van der Waals surface area (Å²) in [5.41, 5.74) is 0.807. The predicted molar refractivity (Wildman–Crippen MR) is 124 cm³/mol. The van der Waals surface area contributed by atoms with E-state index in [-0.39, 0.29) is 27.9 Å². The number of rotatable bonds is 9. The smallest absolute Gasteiger partial charge is 0.303 e. The average Bonchev–Trinajstić information content (AvgIpc) is 2.72. The maximum atomic E-state index is 12.7. The molecule has 0 aliphatic heterocycles. The molecule has 0 radical (unpaired) electrons. The Morgan fingerprint density at radius 2 is 1.56 bits per heavy atom. The van der Waals surface area contributed by atoms with E-state index in [0.717, 1.165) is 8.61 Å². The zero-order chi connectivity index (χ0) is 24.3. The van der Waals surface area contributed by atoms with Gasteiger partial charge in [-0.25, -0.2) is 13.1 Å². The molecule has 12 heteroatoms. The quantitative estimate of drug-likeness (QED) is 0.560. The fraction of sp³-hybridized carbons (Fsp3) is 0.350. The van der Waals surface area contributed by atoms with E-state index in [1.54, 1.807) is 13.8 Å². The highest BCUT2D eigenvalue weighted by atomic mass is 32.2. The summed E-state index contributed by atoms with van der Waals surface area (Å²) in [5, 5.41) is 2.64. The Kier molecular flexibility index (Phi) is 7.88. The molecule has 10 nitrogen and oxygen atoms in total. The van der Waals surface area contributed by atoms with Crippen LogP contribution in [0.25, 0.3) is 0 Å². The summed E-state index contributed by atoms with van der Waals surface area (Å²) in [7, 11) is -1.77. The summed E-state index contributed by atoms with van der Waals surface area (Å²) < 4.78 is 59.3. The van der Waals surface area contributed by atoms with E-state index < -0.39 is 26.1 Å². The van der Waals surface area contributed by atoms with Crippen LogP contribution in [0, 0.1) is 0 Å². The van der Waals surface area contributed by atoms with Gasteiger partial charge in [0.25, 0.3) is 5.91 Å². The minimum atomic E-state index is -3.77. The molecular formula is C20H28N4O6S2. The molecular weight excluding hydrogens is 456 g/mol. The van der Waals surface area contributed by atoms with Crippen molar-refractivity contribution in [2.75, 3.05) is 37.9 Å². The van der Waals surface area contributed by atoms with E-state index in [1.165, 1.54) is 70.7 Å². The Hall–Kier alpha value is -2.67. The molecule has 2 rings (SSSR count). The van der Waals surface area contributed by atoms with Crippen LogP contribution in [-0.2, 0) is 20.2 Å². The summed E-state index contributed by atoms with van der Waals surface area (Å²) in [6, 6.07) is 9.80. The lowest BCUT2D eigenvalue weighted by molar-refractivity contribution is 0.102. The van der Waals surface area contributed by atoms with Gasteiger partial charge in [0.2, 0.25) is 10.0 Å². The van der Waals surface area contributed by atoms with E-state index >= 15 is 0 Å². The van der Waals surface area contributed by atoms with Gasteiger partial charge in [-0.15, -0.1) is 0 Å². The van der Waals surface area contributed by atoms with Crippen LogP contribution < -0.4 is 19.1 Å². The Bertz CT molecular complexity index is 1180. The van der Waals surface area contributed by atoms with Crippen LogP contribution in [0.5, 0.6) is 5.75 Å². The summed E-state index contributed by atoms with van der Waals surface area (Å²) in [6.45, 7) is 3.41. The molecule has 32 heavy (non-hydrogen) atoms. The normalized spacial score (nSPS) is 12.1. The summed E-state index contributed by atoms with van der Waals surface area (Å²) in [6.07, 6.45) is 0. The number of ether oxygens (including phenoxy) is 1. The first-order chi connectivity index (χ1) is 14.8. The van der Waals surface area contributed by atoms with Gasteiger partial charge in [-0.05, 0) is 56.3 Å². The van der Waals surface area contributed by atoms with Crippen molar-refractivity contribution in [1.82, 2.24) is 9.03 Å². The highest BCUT2D eigenvalue weighted by molar-refractivity contribution is 7.90. The molecule has 0 aromatic heterocycles. The van der Waals surface area contributed by atoms with Crippen LogP contribution in [-0.4, -0.2) is 61.3 Å². The molecule has 0 bridgehead atoms. The number of nitrogens with one attached hydrogen (secondary N) is 2. The highest BCUT2D eigenvalue weighted by Gasteiger charge is 2.22. The number of sulfonamides is 1. The minimum Gasteiger partial charge on any atom is -0.495 e. The highest BCUT2D eigenvalue weighted by Crippen LogP contribution is 2.28. The number of hydrogen-bond donors (Lipinski definition) is 2. The van der Waals surface area contributed by atoms with Crippen LogP contribution in [0.4, 0.5) is 11.4 Å². The number of nitrogens with zero attached hydrogens (tertiary/aromatic N) is 2. The van der Waals surface area contributed by atoms with Crippen molar-refractivity contribution >= 4 is 37.5 Å². The van der Waals surface area contributed by atoms with E-state index in [4.69, 9.17) is 4.74 Å². The summed E-state index contributed by atoms with van der Waals surface area (Å²) in [5.74, 6) is -0.227. The average molecular weight is 485 g/mol. The maximum Gasteiger partial charge on any atom is 0.303 e. The molecule has 176 valence electrons. The third kappa shape index (κ3) is 5.76. The molecule has 0 heterocycles. The zero-order valence-electron chi connectivity index (χ0n) is 18.8. The number of amides is 1. The molecule has 0 unspecified atom stereocenters. The van der Waals surface area contributed by atoms with Gasteiger partial charge in [-0.1, -0.05) is 0 Å². The molecule has 2 N–H and O–H groups in total. The number of carbonyl (C=O) groups is 1. The third-order valence-corrected chi connectivity index (χ3v) is 7.90. The number of benzene rings is 2. The first kappa shape index (κ1) is 25.6. The number of carbonyl (C=O) groups excluding carboxylic acids is 1. The lowest BCUT2D eigenvalue weighted by Crippen LogP contribution is -2.37. The first-order valence-corrected chi connectivity index (χ1v) is 12.5. The van der Waals surface area contributed by atoms with E-state index in [0.29, 0.717) is 5.69 Å². The molecule has 0 saturated heterocycles. The Morgan fingerprint density at radius 1 is 0.969 bits per heavy atom.